The van der Waals surface area contributed by atoms with Gasteiger partial charge in [-0.2, -0.15) is 0 Å². The van der Waals surface area contributed by atoms with Gasteiger partial charge in [-0.05, 0) is 18.8 Å². The van der Waals surface area contributed by atoms with Crippen molar-refractivity contribution in [3.63, 3.8) is 0 Å². The molecule has 0 saturated carbocycles. The minimum Gasteiger partial charge on any atom is -0.324 e. The van der Waals surface area contributed by atoms with Gasteiger partial charge in [0, 0.05) is 0 Å². The van der Waals surface area contributed by atoms with Gasteiger partial charge in [-0.25, -0.2) is 0 Å². The van der Waals surface area contributed by atoms with Crippen LogP contribution in [0, 0.1) is 5.92 Å². The highest BCUT2D eigenvalue weighted by Crippen LogP contribution is 2.39. The topological polar surface area (TPSA) is 57.5 Å². The smallest absolute Gasteiger partial charge is 0.324 e. The van der Waals surface area contributed by atoms with E-state index >= 15 is 0 Å². The van der Waals surface area contributed by atoms with Crippen molar-refractivity contribution in [2.45, 2.75) is 232 Å². The summed E-state index contributed by atoms with van der Waals surface area (Å²) >= 11 is 0. The Morgan fingerprint density at radius 3 is 0.738 bits per heavy atom. The van der Waals surface area contributed by atoms with E-state index < -0.39 is 7.60 Å². The lowest BCUT2D eigenvalue weighted by molar-refractivity contribution is 0.346. The molecule has 0 rings (SSSR count). The summed E-state index contributed by atoms with van der Waals surface area (Å²) in [5.41, 5.74) is 0. The second kappa shape index (κ2) is 34.0. The largest absolute Gasteiger partial charge is 0.325 e. The Bertz CT molecular complexity index is 510. The first kappa shape index (κ1) is 42.1. The second-order valence-corrected chi connectivity index (χ2v) is 15.6. The molecule has 4 heteroatoms. The van der Waals surface area contributed by atoms with Crippen LogP contribution in [0.2, 0.25) is 0 Å². The summed E-state index contributed by atoms with van der Waals surface area (Å²) in [6.45, 7) is 4.57. The van der Waals surface area contributed by atoms with E-state index in [9.17, 15) is 14.4 Å². The Kier molecular flexibility index (Phi) is 34.2. The Morgan fingerprint density at radius 2 is 0.548 bits per heavy atom. The van der Waals surface area contributed by atoms with Gasteiger partial charge in [-0.1, -0.05) is 219 Å². The second-order valence-electron chi connectivity index (χ2n) is 13.9. The monoisotopic (exact) mass is 615 g/mol. The van der Waals surface area contributed by atoms with Crippen LogP contribution >= 0.6 is 7.60 Å². The third-order valence-electron chi connectivity index (χ3n) is 9.43. The van der Waals surface area contributed by atoms with E-state index in [2.05, 4.69) is 13.8 Å². The summed E-state index contributed by atoms with van der Waals surface area (Å²) in [5, 5.41) is 0. The van der Waals surface area contributed by atoms with Crippen molar-refractivity contribution in [1.82, 2.24) is 0 Å². The van der Waals surface area contributed by atoms with Crippen molar-refractivity contribution >= 4 is 7.60 Å². The van der Waals surface area contributed by atoms with Crippen molar-refractivity contribution in [3.8, 4) is 0 Å². The van der Waals surface area contributed by atoms with Crippen molar-refractivity contribution < 1.29 is 14.4 Å². The van der Waals surface area contributed by atoms with E-state index in [0.717, 1.165) is 25.7 Å². The van der Waals surface area contributed by atoms with Crippen molar-refractivity contribution in [1.29, 1.82) is 0 Å². The molecule has 0 atom stereocenters. The Morgan fingerprint density at radius 1 is 0.357 bits per heavy atom. The third kappa shape index (κ3) is 36.3. The molecule has 0 aromatic carbocycles. The summed E-state index contributed by atoms with van der Waals surface area (Å²) in [4.78, 5) is 19.1. The van der Waals surface area contributed by atoms with Gasteiger partial charge in [0.15, 0.2) is 0 Å². The van der Waals surface area contributed by atoms with Crippen LogP contribution in [0.25, 0.3) is 0 Å². The van der Waals surface area contributed by atoms with Crippen LogP contribution in [0.15, 0.2) is 0 Å². The van der Waals surface area contributed by atoms with Gasteiger partial charge in [0.25, 0.3) is 0 Å². The first-order chi connectivity index (χ1) is 20.5. The minimum absolute atomic E-state index is 0.102. The average molecular weight is 615 g/mol. The molecule has 2 N–H and O–H groups in total. The Balaban J connectivity index is 3.57. The molecule has 0 unspecified atom stereocenters. The molecule has 254 valence electrons. The molecular formula is C38H79O3P. The molecule has 0 aliphatic carbocycles. The highest BCUT2D eigenvalue weighted by molar-refractivity contribution is 7.51. The zero-order valence-corrected chi connectivity index (χ0v) is 30.0. The van der Waals surface area contributed by atoms with Gasteiger partial charge in [-0.3, -0.25) is 4.57 Å². The van der Waals surface area contributed by atoms with E-state index in [4.69, 9.17) is 0 Å². The van der Waals surface area contributed by atoms with Crippen molar-refractivity contribution in [2.24, 2.45) is 5.92 Å². The fourth-order valence-corrected chi connectivity index (χ4v) is 7.66. The molecule has 0 aliphatic heterocycles. The summed E-state index contributed by atoms with van der Waals surface area (Å²) < 4.78 is 11.7. The first-order valence-corrected chi connectivity index (χ1v) is 21.3. The van der Waals surface area contributed by atoms with Gasteiger partial charge in [-0.15, -0.1) is 0 Å². The third-order valence-corrected chi connectivity index (χ3v) is 10.4. The van der Waals surface area contributed by atoms with E-state index in [1.54, 1.807) is 0 Å². The summed E-state index contributed by atoms with van der Waals surface area (Å²) in [6, 6.07) is 0. The van der Waals surface area contributed by atoms with E-state index in [1.807, 2.05) is 0 Å². The van der Waals surface area contributed by atoms with Gasteiger partial charge in [0.2, 0.25) is 0 Å². The highest BCUT2D eigenvalue weighted by atomic mass is 31.2. The molecule has 0 bridgehead atoms. The molecule has 0 saturated heterocycles. The molecule has 0 aromatic heterocycles. The molecular weight excluding hydrogens is 535 g/mol. The number of unbranched alkanes of at least 4 members (excludes halogenated alkanes) is 30. The van der Waals surface area contributed by atoms with Crippen LogP contribution < -0.4 is 0 Å². The standard InChI is InChI=1S/C38H79O3P/c1-3-5-7-9-11-13-15-17-19-21-23-25-27-29-31-33-35-38(37-42(39,40)41)36-34-32-30-28-26-24-22-20-18-16-14-12-10-8-6-4-2/h38H,3-37H2,1-2H3,(H2,39,40,41). The molecule has 0 amide bonds. The maximum atomic E-state index is 11.7. The predicted octanol–water partition coefficient (Wildman–Crippen LogP) is 14.1. The average Bonchev–Trinajstić information content (AvgIpc) is 2.95. The first-order valence-electron chi connectivity index (χ1n) is 19.5. The lowest BCUT2D eigenvalue weighted by atomic mass is 9.95. The minimum atomic E-state index is -3.90. The maximum Gasteiger partial charge on any atom is 0.325 e. The Labute approximate surface area is 265 Å². The number of hydrogen-bond acceptors (Lipinski definition) is 1. The number of rotatable bonds is 36. The van der Waals surface area contributed by atoms with Gasteiger partial charge in [0.05, 0.1) is 6.16 Å². The van der Waals surface area contributed by atoms with E-state index in [0.29, 0.717) is 0 Å². The van der Waals surface area contributed by atoms with Crippen LogP contribution in [0.1, 0.15) is 232 Å². The molecule has 42 heavy (non-hydrogen) atoms. The van der Waals surface area contributed by atoms with Crippen LogP contribution in [0.3, 0.4) is 0 Å². The molecule has 0 heterocycles. The van der Waals surface area contributed by atoms with Crippen LogP contribution in [-0.2, 0) is 4.57 Å². The zero-order valence-electron chi connectivity index (χ0n) is 29.1. The molecule has 0 radical (unpaired) electrons. The number of hydrogen-bond donors (Lipinski definition) is 2. The SMILES string of the molecule is CCCCCCCCCCCCCCCCCCC(CCCCCCCCCCCCCCCCCC)CP(=O)(O)O. The fraction of sp³-hybridized carbons (Fsp3) is 1.00. The lowest BCUT2D eigenvalue weighted by Crippen LogP contribution is -2.07. The van der Waals surface area contributed by atoms with Gasteiger partial charge < -0.3 is 9.79 Å². The van der Waals surface area contributed by atoms with Crippen molar-refractivity contribution in [3.05, 3.63) is 0 Å². The molecule has 3 nitrogen and oxygen atoms in total. The quantitative estimate of drug-likeness (QED) is 0.0545. The molecule has 0 fully saturated rings. The lowest BCUT2D eigenvalue weighted by Gasteiger charge is -2.17. The van der Waals surface area contributed by atoms with Crippen LogP contribution in [0.5, 0.6) is 0 Å². The van der Waals surface area contributed by atoms with E-state index in [-0.39, 0.29) is 12.1 Å². The summed E-state index contributed by atoms with van der Waals surface area (Å²) in [7, 11) is -3.90. The molecule has 0 aromatic rings. The highest BCUT2D eigenvalue weighted by Gasteiger charge is 2.20. The molecule has 0 aliphatic rings. The summed E-state index contributed by atoms with van der Waals surface area (Å²) in [5.74, 6) is 0.212. The Hall–Kier alpha value is 0.150. The normalized spacial score (nSPS) is 12.1. The van der Waals surface area contributed by atoms with Gasteiger partial charge in [0.1, 0.15) is 0 Å². The van der Waals surface area contributed by atoms with Crippen LogP contribution in [0.4, 0.5) is 0 Å². The predicted molar refractivity (Wildman–Crippen MR) is 189 cm³/mol. The van der Waals surface area contributed by atoms with Crippen molar-refractivity contribution in [2.75, 3.05) is 6.16 Å². The fourth-order valence-electron chi connectivity index (χ4n) is 6.63. The van der Waals surface area contributed by atoms with Gasteiger partial charge >= 0.3 is 7.60 Å². The zero-order chi connectivity index (χ0) is 30.8. The maximum absolute atomic E-state index is 11.7. The van der Waals surface area contributed by atoms with E-state index in [1.165, 1.54) is 193 Å². The summed E-state index contributed by atoms with van der Waals surface area (Å²) in [6.07, 6.45) is 45.9. The molecule has 0 spiro atoms. The van der Waals surface area contributed by atoms with Crippen LogP contribution in [-0.4, -0.2) is 15.9 Å².